The van der Waals surface area contributed by atoms with Crippen LogP contribution in [0.4, 0.5) is 0 Å². The van der Waals surface area contributed by atoms with Gasteiger partial charge in [-0.2, -0.15) is 8.61 Å². The summed E-state index contributed by atoms with van der Waals surface area (Å²) in [5.41, 5.74) is 0. The molecule has 1 aromatic heterocycles. The lowest BCUT2D eigenvalue weighted by Gasteiger charge is -2.31. The van der Waals surface area contributed by atoms with Gasteiger partial charge in [-0.15, -0.1) is 0 Å². The summed E-state index contributed by atoms with van der Waals surface area (Å²) in [7, 11) is -5.26. The first kappa shape index (κ1) is 16.4. The fraction of sp³-hybridized carbons (Fsp3) is 0.636. The molecule has 10 heteroatoms. The van der Waals surface area contributed by atoms with Gasteiger partial charge in [-0.25, -0.2) is 16.8 Å². The largest absolute Gasteiger partial charge is 0.447 e. The highest BCUT2D eigenvalue weighted by Gasteiger charge is 2.33. The molecule has 0 amide bonds. The van der Waals surface area contributed by atoms with Gasteiger partial charge in [0.15, 0.2) is 0 Å². The standard InChI is InChI=1S/C11H19N3O5S2/c1-12-9-10-3-4-11(19-10)21(17,18)14-7-5-13(6-8-14)20(2,15)16/h3-4,12H,5-9H2,1-2H3. The molecule has 0 aliphatic carbocycles. The Kier molecular flexibility index (Phi) is 4.73. The highest BCUT2D eigenvalue weighted by Crippen LogP contribution is 2.20. The Balaban J connectivity index is 2.11. The molecule has 2 heterocycles. The SMILES string of the molecule is CNCc1ccc(S(=O)(=O)N2CCN(S(C)(=O)=O)CC2)o1. The van der Waals surface area contributed by atoms with Crippen LogP contribution in [-0.4, -0.2) is 64.9 Å². The minimum absolute atomic E-state index is 0.111. The molecule has 2 rings (SSSR count). The fourth-order valence-electron chi connectivity index (χ4n) is 2.14. The van der Waals surface area contributed by atoms with Gasteiger partial charge in [-0.05, 0) is 19.2 Å². The number of piperazine rings is 1. The molecular weight excluding hydrogens is 318 g/mol. The van der Waals surface area contributed by atoms with E-state index in [0.29, 0.717) is 12.3 Å². The van der Waals surface area contributed by atoms with E-state index < -0.39 is 20.0 Å². The van der Waals surface area contributed by atoms with Crippen LogP contribution in [0.3, 0.4) is 0 Å². The van der Waals surface area contributed by atoms with E-state index in [4.69, 9.17) is 4.42 Å². The van der Waals surface area contributed by atoms with E-state index in [1.807, 2.05) is 0 Å². The first-order chi connectivity index (χ1) is 9.75. The van der Waals surface area contributed by atoms with Gasteiger partial charge in [0.05, 0.1) is 12.8 Å². The Hall–Kier alpha value is -0.940. The van der Waals surface area contributed by atoms with Gasteiger partial charge in [-0.1, -0.05) is 0 Å². The maximum atomic E-state index is 12.4. The van der Waals surface area contributed by atoms with Crippen LogP contribution in [0.5, 0.6) is 0 Å². The van der Waals surface area contributed by atoms with Crippen LogP contribution in [0.1, 0.15) is 5.76 Å². The fourth-order valence-corrected chi connectivity index (χ4v) is 4.31. The normalized spacial score (nSPS) is 19.0. The van der Waals surface area contributed by atoms with E-state index in [1.54, 1.807) is 13.1 Å². The molecule has 1 aliphatic rings. The van der Waals surface area contributed by atoms with Crippen LogP contribution in [0.2, 0.25) is 0 Å². The summed E-state index contributed by atoms with van der Waals surface area (Å²) >= 11 is 0. The Labute approximate surface area is 124 Å². The van der Waals surface area contributed by atoms with Crippen LogP contribution in [0.15, 0.2) is 21.6 Å². The lowest BCUT2D eigenvalue weighted by Crippen LogP contribution is -2.50. The Morgan fingerprint density at radius 1 is 1.10 bits per heavy atom. The third-order valence-corrected chi connectivity index (χ3v) is 6.32. The van der Waals surface area contributed by atoms with Gasteiger partial charge < -0.3 is 9.73 Å². The minimum Gasteiger partial charge on any atom is -0.447 e. The first-order valence-corrected chi connectivity index (χ1v) is 9.72. The van der Waals surface area contributed by atoms with Crippen molar-refractivity contribution in [1.29, 1.82) is 0 Å². The van der Waals surface area contributed by atoms with Crippen molar-refractivity contribution in [3.63, 3.8) is 0 Å². The molecule has 21 heavy (non-hydrogen) atoms. The highest BCUT2D eigenvalue weighted by atomic mass is 32.2. The zero-order valence-electron chi connectivity index (χ0n) is 11.9. The van der Waals surface area contributed by atoms with Crippen LogP contribution >= 0.6 is 0 Å². The second-order valence-corrected chi connectivity index (χ2v) is 8.67. The lowest BCUT2D eigenvalue weighted by molar-refractivity contribution is 0.268. The van der Waals surface area contributed by atoms with Crippen molar-refractivity contribution < 1.29 is 21.3 Å². The van der Waals surface area contributed by atoms with Crippen molar-refractivity contribution in [1.82, 2.24) is 13.9 Å². The first-order valence-electron chi connectivity index (χ1n) is 6.44. The molecule has 0 aromatic carbocycles. The van der Waals surface area contributed by atoms with Gasteiger partial charge >= 0.3 is 0 Å². The molecule has 1 aromatic rings. The summed E-state index contributed by atoms with van der Waals surface area (Å²) in [6.07, 6.45) is 1.12. The van der Waals surface area contributed by atoms with Gasteiger partial charge in [-0.3, -0.25) is 0 Å². The van der Waals surface area contributed by atoms with E-state index in [1.165, 1.54) is 14.7 Å². The molecular formula is C11H19N3O5S2. The number of sulfonamides is 2. The summed E-state index contributed by atoms with van der Waals surface area (Å²) in [5, 5.41) is 2.76. The zero-order valence-corrected chi connectivity index (χ0v) is 13.6. The smallest absolute Gasteiger partial charge is 0.276 e. The number of nitrogens with one attached hydrogen (secondary N) is 1. The second-order valence-electron chi connectivity index (χ2n) is 4.82. The van der Waals surface area contributed by atoms with Gasteiger partial charge in [0, 0.05) is 26.2 Å². The van der Waals surface area contributed by atoms with Crippen molar-refractivity contribution in [3.05, 3.63) is 17.9 Å². The van der Waals surface area contributed by atoms with Gasteiger partial charge in [0.2, 0.25) is 15.1 Å². The van der Waals surface area contributed by atoms with Gasteiger partial charge in [0.1, 0.15) is 5.76 Å². The van der Waals surface area contributed by atoms with Crippen molar-refractivity contribution in [3.8, 4) is 0 Å². The van der Waals surface area contributed by atoms with Crippen LogP contribution in [-0.2, 0) is 26.6 Å². The predicted octanol–water partition coefficient (Wildman–Crippen LogP) is -0.735. The molecule has 0 radical (unpaired) electrons. The van der Waals surface area contributed by atoms with Crippen molar-refractivity contribution in [2.75, 3.05) is 39.5 Å². The molecule has 0 atom stereocenters. The maximum absolute atomic E-state index is 12.4. The molecule has 0 spiro atoms. The third-order valence-electron chi connectivity index (χ3n) is 3.25. The summed E-state index contributed by atoms with van der Waals surface area (Å²) < 4.78 is 55.5. The molecule has 0 saturated carbocycles. The third kappa shape index (κ3) is 3.64. The summed E-state index contributed by atoms with van der Waals surface area (Å²) in [6.45, 7) is 0.997. The lowest BCUT2D eigenvalue weighted by atomic mass is 10.4. The van der Waals surface area contributed by atoms with Crippen LogP contribution in [0.25, 0.3) is 0 Å². The average Bonchev–Trinajstić information content (AvgIpc) is 2.88. The number of nitrogens with zero attached hydrogens (tertiary/aromatic N) is 2. The Morgan fingerprint density at radius 2 is 1.67 bits per heavy atom. The zero-order chi connectivity index (χ0) is 15.7. The Morgan fingerprint density at radius 3 is 2.19 bits per heavy atom. The monoisotopic (exact) mass is 337 g/mol. The van der Waals surface area contributed by atoms with Gasteiger partial charge in [0.25, 0.3) is 10.0 Å². The highest BCUT2D eigenvalue weighted by molar-refractivity contribution is 7.89. The molecule has 1 N–H and O–H groups in total. The van der Waals surface area contributed by atoms with Crippen molar-refractivity contribution in [2.45, 2.75) is 11.6 Å². The van der Waals surface area contributed by atoms with E-state index in [0.717, 1.165) is 6.26 Å². The molecule has 1 fully saturated rings. The molecule has 0 unspecified atom stereocenters. The van der Waals surface area contributed by atoms with Crippen LogP contribution in [0, 0.1) is 0 Å². The van der Waals surface area contributed by atoms with E-state index in [9.17, 15) is 16.8 Å². The molecule has 120 valence electrons. The number of hydrogen-bond acceptors (Lipinski definition) is 6. The molecule has 1 saturated heterocycles. The second kappa shape index (κ2) is 6.05. The van der Waals surface area contributed by atoms with Crippen molar-refractivity contribution >= 4 is 20.0 Å². The summed E-state index contributed by atoms with van der Waals surface area (Å²) in [6, 6.07) is 3.03. The maximum Gasteiger partial charge on any atom is 0.276 e. The molecule has 0 bridgehead atoms. The van der Waals surface area contributed by atoms with Crippen molar-refractivity contribution in [2.24, 2.45) is 0 Å². The number of rotatable bonds is 5. The van der Waals surface area contributed by atoms with E-state index in [-0.39, 0.29) is 31.3 Å². The Bertz CT molecular complexity index is 687. The summed E-state index contributed by atoms with van der Waals surface area (Å²) in [4.78, 5) is 0. The number of hydrogen-bond donors (Lipinski definition) is 1. The minimum atomic E-state index is -3.71. The summed E-state index contributed by atoms with van der Waals surface area (Å²) in [5.74, 6) is 0.533. The van der Waals surface area contributed by atoms with Crippen LogP contribution < -0.4 is 5.32 Å². The average molecular weight is 337 g/mol. The van der Waals surface area contributed by atoms with E-state index >= 15 is 0 Å². The number of furan rings is 1. The quantitative estimate of drug-likeness (QED) is 0.760. The predicted molar refractivity (Wildman–Crippen MR) is 76.6 cm³/mol. The topological polar surface area (TPSA) is 99.9 Å². The molecule has 8 nitrogen and oxygen atoms in total. The molecule has 1 aliphatic heterocycles. The van der Waals surface area contributed by atoms with E-state index in [2.05, 4.69) is 5.32 Å².